The normalized spacial score (nSPS) is 12.4. The van der Waals surface area contributed by atoms with Crippen LogP contribution in [0.5, 0.6) is 5.75 Å². The molecule has 0 saturated carbocycles. The number of nitrogens with zero attached hydrogens (tertiary/aromatic N) is 1. The van der Waals surface area contributed by atoms with Crippen LogP contribution in [0.15, 0.2) is 16.9 Å². The van der Waals surface area contributed by atoms with Crippen LogP contribution in [-0.4, -0.2) is 29.6 Å². The summed E-state index contributed by atoms with van der Waals surface area (Å²) >= 11 is 11.5. The van der Waals surface area contributed by atoms with Crippen LogP contribution in [0.4, 0.5) is 13.2 Å². The molecule has 0 radical (unpaired) electrons. The highest BCUT2D eigenvalue weighted by atomic mass is 35.5. The fourth-order valence-corrected chi connectivity index (χ4v) is 2.77. The SMILES string of the molecule is Cn1c(C(=O)O)c(OS(=O)(=O)C(F)(F)F)c2cc(Cl)c(Cl)cc2c1=O. The van der Waals surface area contributed by atoms with Gasteiger partial charge in [0, 0.05) is 12.4 Å². The first-order valence-corrected chi connectivity index (χ1v) is 8.20. The van der Waals surface area contributed by atoms with Crippen molar-refractivity contribution in [2.45, 2.75) is 5.51 Å². The summed E-state index contributed by atoms with van der Waals surface area (Å²) in [5, 5.41) is 7.84. The molecule has 0 saturated heterocycles. The smallest absolute Gasteiger partial charge is 0.476 e. The van der Waals surface area contributed by atoms with Crippen molar-refractivity contribution in [2.24, 2.45) is 7.05 Å². The molecular weight excluding hydrogens is 414 g/mol. The quantitative estimate of drug-likeness (QED) is 0.605. The van der Waals surface area contributed by atoms with Gasteiger partial charge in [0.15, 0.2) is 11.4 Å². The molecule has 1 aromatic carbocycles. The van der Waals surface area contributed by atoms with Gasteiger partial charge in [0.25, 0.3) is 5.56 Å². The van der Waals surface area contributed by atoms with Crippen molar-refractivity contribution in [1.82, 2.24) is 4.57 Å². The minimum absolute atomic E-state index is 0.154. The predicted molar refractivity (Wildman–Crippen MR) is 81.8 cm³/mol. The first kappa shape index (κ1) is 19.3. The van der Waals surface area contributed by atoms with Gasteiger partial charge in [-0.05, 0) is 12.1 Å². The van der Waals surface area contributed by atoms with E-state index in [9.17, 15) is 36.3 Å². The third-order valence-corrected chi connectivity index (χ3v) is 4.74. The molecule has 7 nitrogen and oxygen atoms in total. The Labute approximate surface area is 147 Å². The molecule has 0 aliphatic carbocycles. The number of hydrogen-bond acceptors (Lipinski definition) is 5. The van der Waals surface area contributed by atoms with Gasteiger partial charge in [0.1, 0.15) is 0 Å². The number of aromatic carboxylic acids is 1. The number of carboxylic acid groups (broad SMARTS) is 1. The summed E-state index contributed by atoms with van der Waals surface area (Å²) in [6.07, 6.45) is 0. The van der Waals surface area contributed by atoms with Crippen molar-refractivity contribution >= 4 is 50.1 Å². The van der Waals surface area contributed by atoms with E-state index in [-0.39, 0.29) is 15.4 Å². The molecule has 2 aromatic rings. The van der Waals surface area contributed by atoms with E-state index in [1.807, 2.05) is 0 Å². The minimum Gasteiger partial charge on any atom is -0.476 e. The Hall–Kier alpha value is -1.98. The Balaban J connectivity index is 3.01. The van der Waals surface area contributed by atoms with E-state index in [1.54, 1.807) is 0 Å². The number of halogens is 5. The van der Waals surface area contributed by atoms with Gasteiger partial charge in [-0.15, -0.1) is 0 Å². The molecule has 0 aliphatic rings. The zero-order chi connectivity index (χ0) is 19.3. The Bertz CT molecular complexity index is 1060. The number of alkyl halides is 3. The van der Waals surface area contributed by atoms with E-state index in [1.165, 1.54) is 0 Å². The largest absolute Gasteiger partial charge is 0.534 e. The van der Waals surface area contributed by atoms with Crippen LogP contribution in [0.2, 0.25) is 10.0 Å². The van der Waals surface area contributed by atoms with Crippen LogP contribution in [0, 0.1) is 0 Å². The highest BCUT2D eigenvalue weighted by Crippen LogP contribution is 2.36. The van der Waals surface area contributed by atoms with Gasteiger partial charge in [-0.3, -0.25) is 4.79 Å². The summed E-state index contributed by atoms with van der Waals surface area (Å²) in [5.41, 5.74) is -7.88. The number of hydrogen-bond donors (Lipinski definition) is 1. The van der Waals surface area contributed by atoms with E-state index in [2.05, 4.69) is 4.18 Å². The molecule has 136 valence electrons. The molecule has 0 unspecified atom stereocenters. The van der Waals surface area contributed by atoms with Gasteiger partial charge in [-0.1, -0.05) is 23.2 Å². The maximum Gasteiger partial charge on any atom is 0.534 e. The average molecular weight is 420 g/mol. The lowest BCUT2D eigenvalue weighted by Gasteiger charge is -2.16. The molecule has 0 aliphatic heterocycles. The van der Waals surface area contributed by atoms with E-state index in [0.29, 0.717) is 4.57 Å². The second kappa shape index (κ2) is 6.07. The zero-order valence-electron chi connectivity index (χ0n) is 11.9. The topological polar surface area (TPSA) is 103 Å². The van der Waals surface area contributed by atoms with Crippen molar-refractivity contribution < 1.29 is 35.7 Å². The van der Waals surface area contributed by atoms with E-state index in [4.69, 9.17) is 23.2 Å². The van der Waals surface area contributed by atoms with Crippen molar-refractivity contribution in [3.8, 4) is 5.75 Å². The number of fused-ring (bicyclic) bond motifs is 1. The molecule has 25 heavy (non-hydrogen) atoms. The minimum atomic E-state index is -6.21. The summed E-state index contributed by atoms with van der Waals surface area (Å²) in [6, 6.07) is 1.80. The van der Waals surface area contributed by atoms with Crippen LogP contribution in [-0.2, 0) is 17.2 Å². The van der Waals surface area contributed by atoms with Crippen LogP contribution >= 0.6 is 23.2 Å². The number of carbonyl (C=O) groups is 1. The number of rotatable bonds is 3. The van der Waals surface area contributed by atoms with Crippen LogP contribution in [0.25, 0.3) is 10.8 Å². The first-order valence-electron chi connectivity index (χ1n) is 6.03. The highest BCUT2D eigenvalue weighted by Gasteiger charge is 2.49. The molecule has 0 spiro atoms. The molecule has 0 fully saturated rings. The first-order chi connectivity index (χ1) is 11.3. The summed E-state index contributed by atoms with van der Waals surface area (Å²) < 4.78 is 64.8. The molecule has 0 bridgehead atoms. The number of benzene rings is 1. The summed E-state index contributed by atoms with van der Waals surface area (Å²) in [4.78, 5) is 23.6. The molecule has 1 N–H and O–H groups in total. The molecule has 2 rings (SSSR count). The van der Waals surface area contributed by atoms with Gasteiger partial charge < -0.3 is 13.9 Å². The second-order valence-electron chi connectivity index (χ2n) is 4.64. The van der Waals surface area contributed by atoms with Gasteiger partial charge >= 0.3 is 21.6 Å². The molecule has 0 amide bonds. The zero-order valence-corrected chi connectivity index (χ0v) is 14.2. The monoisotopic (exact) mass is 419 g/mol. The fraction of sp³-hybridized carbons (Fsp3) is 0.167. The fourth-order valence-electron chi connectivity index (χ4n) is 1.96. The number of pyridine rings is 1. The lowest BCUT2D eigenvalue weighted by atomic mass is 10.1. The van der Waals surface area contributed by atoms with Gasteiger partial charge in [0.05, 0.1) is 15.4 Å². The Morgan fingerprint density at radius 3 is 2.12 bits per heavy atom. The van der Waals surface area contributed by atoms with E-state index < -0.39 is 44.0 Å². The van der Waals surface area contributed by atoms with Crippen molar-refractivity contribution in [3.05, 3.63) is 38.2 Å². The summed E-state index contributed by atoms with van der Waals surface area (Å²) in [5.74, 6) is -3.10. The second-order valence-corrected chi connectivity index (χ2v) is 6.99. The van der Waals surface area contributed by atoms with Crippen molar-refractivity contribution in [2.75, 3.05) is 0 Å². The molecule has 1 heterocycles. The predicted octanol–water partition coefficient (Wildman–Crippen LogP) is 2.77. The Morgan fingerprint density at radius 2 is 1.68 bits per heavy atom. The maximum absolute atomic E-state index is 12.6. The van der Waals surface area contributed by atoms with Gasteiger partial charge in [-0.2, -0.15) is 21.6 Å². The Kier molecular flexibility index (Phi) is 4.70. The van der Waals surface area contributed by atoms with Gasteiger partial charge in [0.2, 0.25) is 0 Å². The standard InChI is InChI=1S/C12H6Cl2F3NO6S/c1-18-8(11(20)21)9(24-25(22,23)12(15,16)17)4-2-6(13)7(14)3-5(4)10(18)19/h2-3H,1H3,(H,20,21). The summed E-state index contributed by atoms with van der Waals surface area (Å²) in [6.45, 7) is 0. The number of aromatic nitrogens is 1. The molecule has 1 aromatic heterocycles. The highest BCUT2D eigenvalue weighted by molar-refractivity contribution is 7.88. The van der Waals surface area contributed by atoms with E-state index in [0.717, 1.165) is 19.2 Å². The molecular formula is C12H6Cl2F3NO6S. The molecule has 13 heteroatoms. The van der Waals surface area contributed by atoms with Crippen molar-refractivity contribution in [1.29, 1.82) is 0 Å². The molecule has 0 atom stereocenters. The van der Waals surface area contributed by atoms with Gasteiger partial charge in [-0.25, -0.2) is 4.79 Å². The lowest BCUT2D eigenvalue weighted by Crippen LogP contribution is -2.31. The maximum atomic E-state index is 12.6. The van der Waals surface area contributed by atoms with Crippen LogP contribution in [0.3, 0.4) is 0 Å². The average Bonchev–Trinajstić information content (AvgIpc) is 2.45. The van der Waals surface area contributed by atoms with Crippen LogP contribution < -0.4 is 9.74 Å². The third kappa shape index (κ3) is 3.26. The van der Waals surface area contributed by atoms with E-state index >= 15 is 0 Å². The Morgan fingerprint density at radius 1 is 1.20 bits per heavy atom. The number of carboxylic acids is 1. The summed E-state index contributed by atoms with van der Waals surface area (Å²) in [7, 11) is -5.29. The van der Waals surface area contributed by atoms with Crippen LogP contribution in [0.1, 0.15) is 10.5 Å². The third-order valence-electron chi connectivity index (χ3n) is 3.07. The van der Waals surface area contributed by atoms with Crippen molar-refractivity contribution in [3.63, 3.8) is 0 Å². The lowest BCUT2D eigenvalue weighted by molar-refractivity contribution is -0.0500.